The molecule has 0 atom stereocenters. The molecule has 21 heavy (non-hydrogen) atoms. The molecule has 1 aromatic heterocycles. The molecule has 2 heterocycles. The lowest BCUT2D eigenvalue weighted by Crippen LogP contribution is -2.48. The normalized spacial score (nSPS) is 17.0. The topological polar surface area (TPSA) is 74.3 Å². The first-order chi connectivity index (χ1) is 10.1. The fourth-order valence-electron chi connectivity index (χ4n) is 2.32. The van der Waals surface area contributed by atoms with E-state index in [2.05, 4.69) is 15.0 Å². The largest absolute Gasteiger partial charge is 0.314 e. The van der Waals surface area contributed by atoms with Gasteiger partial charge in [-0.1, -0.05) is 11.6 Å². The van der Waals surface area contributed by atoms with Crippen LogP contribution in [0.25, 0.3) is 10.9 Å². The first-order valence-corrected chi connectivity index (χ1v) is 8.41. The van der Waals surface area contributed by atoms with Gasteiger partial charge in [-0.15, -0.1) is 0 Å². The van der Waals surface area contributed by atoms with Crippen molar-refractivity contribution in [1.29, 1.82) is 0 Å². The van der Waals surface area contributed by atoms with Gasteiger partial charge in [0.05, 0.1) is 16.2 Å². The highest BCUT2D eigenvalue weighted by molar-refractivity contribution is 7.90. The number of anilines is 1. The van der Waals surface area contributed by atoms with Crippen molar-refractivity contribution in [3.63, 3.8) is 0 Å². The molecule has 1 saturated heterocycles. The van der Waals surface area contributed by atoms with E-state index in [4.69, 9.17) is 11.6 Å². The van der Waals surface area contributed by atoms with E-state index in [0.29, 0.717) is 47.8 Å². The van der Waals surface area contributed by atoms with Crippen LogP contribution < -0.4 is 10.0 Å². The number of rotatable bonds is 3. The lowest BCUT2D eigenvalue weighted by molar-refractivity contribution is 0.362. The van der Waals surface area contributed by atoms with E-state index >= 15 is 0 Å². The molecule has 0 radical (unpaired) electrons. The number of halogens is 1. The molecule has 0 bridgehead atoms. The minimum Gasteiger partial charge on any atom is -0.314 e. The summed E-state index contributed by atoms with van der Waals surface area (Å²) < 4.78 is 28.9. The fourth-order valence-corrected chi connectivity index (χ4v) is 3.78. The predicted molar refractivity (Wildman–Crippen MR) is 83.7 cm³/mol. The smallest absolute Gasteiger partial charge is 0.301 e. The lowest BCUT2D eigenvalue weighted by atomic mass is 10.2. The fraction of sp³-hybridized carbons (Fsp3) is 0.308. The number of pyridine rings is 1. The zero-order chi connectivity index (χ0) is 14.9. The maximum atomic E-state index is 12.4. The van der Waals surface area contributed by atoms with E-state index in [1.54, 1.807) is 30.5 Å². The van der Waals surface area contributed by atoms with Crippen molar-refractivity contribution < 1.29 is 8.42 Å². The molecule has 8 heteroatoms. The van der Waals surface area contributed by atoms with Crippen LogP contribution in [0.3, 0.4) is 0 Å². The van der Waals surface area contributed by atoms with Gasteiger partial charge in [0.15, 0.2) is 0 Å². The molecule has 0 spiro atoms. The van der Waals surface area contributed by atoms with Gasteiger partial charge in [-0.2, -0.15) is 12.7 Å². The van der Waals surface area contributed by atoms with Gasteiger partial charge in [-0.3, -0.25) is 9.71 Å². The number of hydrogen-bond donors (Lipinski definition) is 2. The Labute approximate surface area is 128 Å². The molecule has 1 aromatic carbocycles. The van der Waals surface area contributed by atoms with E-state index in [1.807, 2.05) is 0 Å². The zero-order valence-corrected chi connectivity index (χ0v) is 12.8. The van der Waals surface area contributed by atoms with Crippen molar-refractivity contribution in [2.75, 3.05) is 30.9 Å². The van der Waals surface area contributed by atoms with E-state index in [1.165, 1.54) is 4.31 Å². The predicted octanol–water partition coefficient (Wildman–Crippen LogP) is 1.45. The quantitative estimate of drug-likeness (QED) is 0.895. The van der Waals surface area contributed by atoms with Crippen molar-refractivity contribution >= 4 is 38.4 Å². The highest BCUT2D eigenvalue weighted by Gasteiger charge is 2.24. The molecule has 0 unspecified atom stereocenters. The highest BCUT2D eigenvalue weighted by Crippen LogP contribution is 2.29. The van der Waals surface area contributed by atoms with Crippen LogP contribution in [0.1, 0.15) is 0 Å². The van der Waals surface area contributed by atoms with Gasteiger partial charge >= 0.3 is 10.2 Å². The van der Waals surface area contributed by atoms with Gasteiger partial charge in [0, 0.05) is 37.8 Å². The summed E-state index contributed by atoms with van der Waals surface area (Å²) in [5, 5.41) is 4.31. The third-order valence-corrected chi connectivity index (χ3v) is 5.20. The summed E-state index contributed by atoms with van der Waals surface area (Å²) in [6.45, 7) is 2.23. The first kappa shape index (κ1) is 14.5. The summed E-state index contributed by atoms with van der Waals surface area (Å²) in [5.74, 6) is 0. The molecule has 112 valence electrons. The Morgan fingerprint density at radius 2 is 2.00 bits per heavy atom. The molecule has 0 amide bonds. The van der Waals surface area contributed by atoms with E-state index in [-0.39, 0.29) is 0 Å². The maximum absolute atomic E-state index is 12.4. The summed E-state index contributed by atoms with van der Waals surface area (Å²) in [4.78, 5) is 4.19. The second kappa shape index (κ2) is 5.76. The standard InChI is InChI=1S/C13H15ClN4O2S/c14-11-3-4-12(10-2-1-5-16-13(10)11)17-21(19,20)18-8-6-15-7-9-18/h1-5,15,17H,6-9H2. The van der Waals surface area contributed by atoms with Crippen molar-refractivity contribution in [2.24, 2.45) is 0 Å². The number of nitrogens with one attached hydrogen (secondary N) is 2. The second-order valence-corrected chi connectivity index (χ2v) is 6.83. The summed E-state index contributed by atoms with van der Waals surface area (Å²) in [6, 6.07) is 6.85. The monoisotopic (exact) mass is 326 g/mol. The average Bonchev–Trinajstić information content (AvgIpc) is 2.51. The maximum Gasteiger partial charge on any atom is 0.301 e. The molecular weight excluding hydrogens is 312 g/mol. The molecule has 2 aromatic rings. The number of piperazine rings is 1. The molecule has 1 fully saturated rings. The van der Waals surface area contributed by atoms with Crippen LogP contribution in [0, 0.1) is 0 Å². The SMILES string of the molecule is O=S(=O)(Nc1ccc(Cl)c2ncccc12)N1CCNCC1. The third-order valence-electron chi connectivity index (χ3n) is 3.38. The number of benzene rings is 1. The van der Waals surface area contributed by atoms with Gasteiger partial charge in [0.25, 0.3) is 0 Å². The van der Waals surface area contributed by atoms with Crippen LogP contribution in [0.2, 0.25) is 5.02 Å². The Morgan fingerprint density at radius 3 is 2.76 bits per heavy atom. The van der Waals surface area contributed by atoms with E-state index in [0.717, 1.165) is 0 Å². The molecule has 1 aliphatic rings. The van der Waals surface area contributed by atoms with Gasteiger partial charge < -0.3 is 5.32 Å². The van der Waals surface area contributed by atoms with Crippen LogP contribution in [-0.4, -0.2) is 43.9 Å². The van der Waals surface area contributed by atoms with Crippen molar-refractivity contribution in [3.8, 4) is 0 Å². The Kier molecular flexibility index (Phi) is 3.99. The third kappa shape index (κ3) is 2.96. The number of fused-ring (bicyclic) bond motifs is 1. The molecular formula is C13H15ClN4O2S. The van der Waals surface area contributed by atoms with Crippen LogP contribution in [0.15, 0.2) is 30.5 Å². The van der Waals surface area contributed by atoms with Crippen LogP contribution in [-0.2, 0) is 10.2 Å². The zero-order valence-electron chi connectivity index (χ0n) is 11.2. The lowest BCUT2D eigenvalue weighted by Gasteiger charge is -2.27. The molecule has 3 rings (SSSR count). The van der Waals surface area contributed by atoms with Crippen molar-refractivity contribution in [1.82, 2.24) is 14.6 Å². The molecule has 0 saturated carbocycles. The molecule has 1 aliphatic heterocycles. The minimum atomic E-state index is -3.57. The first-order valence-electron chi connectivity index (χ1n) is 6.60. The number of hydrogen-bond acceptors (Lipinski definition) is 4. The van der Waals surface area contributed by atoms with E-state index < -0.39 is 10.2 Å². The Balaban J connectivity index is 1.96. The van der Waals surface area contributed by atoms with Gasteiger partial charge in [-0.25, -0.2) is 0 Å². The van der Waals surface area contributed by atoms with Crippen LogP contribution >= 0.6 is 11.6 Å². The number of aromatic nitrogens is 1. The summed E-state index contributed by atoms with van der Waals surface area (Å²) in [7, 11) is -3.57. The average molecular weight is 327 g/mol. The second-order valence-electron chi connectivity index (χ2n) is 4.75. The molecule has 6 nitrogen and oxygen atoms in total. The summed E-state index contributed by atoms with van der Waals surface area (Å²) in [6.07, 6.45) is 1.63. The van der Waals surface area contributed by atoms with Gasteiger partial charge in [-0.05, 0) is 24.3 Å². The number of nitrogens with zero attached hydrogens (tertiary/aromatic N) is 2. The van der Waals surface area contributed by atoms with Crippen molar-refractivity contribution in [3.05, 3.63) is 35.5 Å². The Bertz CT molecular complexity index is 760. The highest BCUT2D eigenvalue weighted by atomic mass is 35.5. The Morgan fingerprint density at radius 1 is 1.24 bits per heavy atom. The van der Waals surface area contributed by atoms with E-state index in [9.17, 15) is 8.42 Å². The Hall–Kier alpha value is -1.41. The van der Waals surface area contributed by atoms with Gasteiger partial charge in [0.2, 0.25) is 0 Å². The summed E-state index contributed by atoms with van der Waals surface area (Å²) in [5.41, 5.74) is 1.07. The van der Waals surface area contributed by atoms with Crippen LogP contribution in [0.5, 0.6) is 0 Å². The van der Waals surface area contributed by atoms with Crippen LogP contribution in [0.4, 0.5) is 5.69 Å². The summed E-state index contributed by atoms with van der Waals surface area (Å²) >= 11 is 6.09. The van der Waals surface area contributed by atoms with Gasteiger partial charge in [0.1, 0.15) is 0 Å². The molecule has 0 aliphatic carbocycles. The van der Waals surface area contributed by atoms with Crippen molar-refractivity contribution in [2.45, 2.75) is 0 Å². The molecule has 2 N–H and O–H groups in total. The minimum absolute atomic E-state index is 0.457.